The van der Waals surface area contributed by atoms with Gasteiger partial charge in [0, 0.05) is 30.0 Å². The van der Waals surface area contributed by atoms with Gasteiger partial charge in [0.1, 0.15) is 11.8 Å². The first kappa shape index (κ1) is 26.5. The largest absolute Gasteiger partial charge is 0.497 e. The second-order valence-corrected chi connectivity index (χ2v) is 9.27. The zero-order valence-electron chi connectivity index (χ0n) is 21.6. The van der Waals surface area contributed by atoms with Gasteiger partial charge in [0.2, 0.25) is 5.91 Å². The van der Waals surface area contributed by atoms with Gasteiger partial charge in [-0.05, 0) is 74.4 Å². The molecule has 1 heterocycles. The maximum atomic E-state index is 14.0. The van der Waals surface area contributed by atoms with Crippen LogP contribution in [-0.4, -0.2) is 48.6 Å². The minimum atomic E-state index is -0.907. The van der Waals surface area contributed by atoms with Crippen LogP contribution in [0.1, 0.15) is 48.3 Å². The van der Waals surface area contributed by atoms with E-state index in [4.69, 9.17) is 14.2 Å². The summed E-state index contributed by atoms with van der Waals surface area (Å²) in [7, 11) is 4.64. The number of pyridine rings is 1. The Kier molecular flexibility index (Phi) is 8.53. The summed E-state index contributed by atoms with van der Waals surface area (Å²) in [5, 5.41) is 3.03. The molecular weight excluding hydrogens is 458 g/mol. The Morgan fingerprint density at radius 2 is 1.53 bits per heavy atom. The van der Waals surface area contributed by atoms with Crippen molar-refractivity contribution in [2.75, 3.05) is 21.3 Å². The Bertz CT molecular complexity index is 1170. The molecule has 0 bridgehead atoms. The van der Waals surface area contributed by atoms with Gasteiger partial charge in [-0.1, -0.05) is 12.1 Å². The standard InChI is InChI=1S/C28H33N3O5/c1-28(2,3)30-26(32)25(20-13-15-29-16-14-20)31(18-19-7-10-22(34-4)11-8-19)27(33)21-9-12-23(35-5)24(17-21)36-6/h7-17,25H,18H2,1-6H3,(H,30,32). The van der Waals surface area contributed by atoms with Crippen molar-refractivity contribution in [3.63, 3.8) is 0 Å². The number of carbonyl (C=O) groups is 2. The lowest BCUT2D eigenvalue weighted by Gasteiger charge is -2.34. The highest BCUT2D eigenvalue weighted by molar-refractivity contribution is 5.98. The molecule has 0 spiro atoms. The predicted molar refractivity (Wildman–Crippen MR) is 137 cm³/mol. The molecule has 2 aromatic carbocycles. The summed E-state index contributed by atoms with van der Waals surface area (Å²) in [6.07, 6.45) is 3.22. The minimum absolute atomic E-state index is 0.182. The number of aromatic nitrogens is 1. The highest BCUT2D eigenvalue weighted by atomic mass is 16.5. The molecule has 0 radical (unpaired) electrons. The third kappa shape index (κ3) is 6.53. The number of methoxy groups -OCH3 is 3. The van der Waals surface area contributed by atoms with Crippen molar-refractivity contribution in [3.05, 3.63) is 83.7 Å². The monoisotopic (exact) mass is 491 g/mol. The van der Waals surface area contributed by atoms with Crippen molar-refractivity contribution in [2.45, 2.75) is 38.9 Å². The van der Waals surface area contributed by atoms with E-state index in [1.54, 1.807) is 54.7 Å². The van der Waals surface area contributed by atoms with Gasteiger partial charge >= 0.3 is 0 Å². The molecule has 3 rings (SSSR count). The van der Waals surface area contributed by atoms with Gasteiger partial charge in [0.15, 0.2) is 11.5 Å². The van der Waals surface area contributed by atoms with E-state index in [9.17, 15) is 9.59 Å². The van der Waals surface area contributed by atoms with Crippen molar-refractivity contribution in [1.82, 2.24) is 15.2 Å². The van der Waals surface area contributed by atoms with Crippen molar-refractivity contribution >= 4 is 11.8 Å². The van der Waals surface area contributed by atoms with E-state index >= 15 is 0 Å². The predicted octanol–water partition coefficient (Wildman–Crippen LogP) is 4.41. The van der Waals surface area contributed by atoms with Gasteiger partial charge in [0.05, 0.1) is 21.3 Å². The van der Waals surface area contributed by atoms with Gasteiger partial charge < -0.3 is 24.4 Å². The van der Waals surface area contributed by atoms with Gasteiger partial charge in [-0.2, -0.15) is 0 Å². The van der Waals surface area contributed by atoms with Gasteiger partial charge in [-0.3, -0.25) is 14.6 Å². The summed E-state index contributed by atoms with van der Waals surface area (Å²) >= 11 is 0. The second kappa shape index (κ2) is 11.6. The third-order valence-corrected chi connectivity index (χ3v) is 5.48. The fourth-order valence-electron chi connectivity index (χ4n) is 3.80. The SMILES string of the molecule is COc1ccc(CN(C(=O)c2ccc(OC)c(OC)c2)C(C(=O)NC(C)(C)C)c2ccncc2)cc1. The zero-order valence-corrected chi connectivity index (χ0v) is 21.6. The van der Waals surface area contributed by atoms with Crippen LogP contribution in [-0.2, 0) is 11.3 Å². The van der Waals surface area contributed by atoms with E-state index in [2.05, 4.69) is 10.3 Å². The molecule has 8 nitrogen and oxygen atoms in total. The second-order valence-electron chi connectivity index (χ2n) is 9.27. The number of nitrogens with zero attached hydrogens (tertiary/aromatic N) is 2. The van der Waals surface area contributed by atoms with Gasteiger partial charge in [0.25, 0.3) is 5.91 Å². The first-order valence-electron chi connectivity index (χ1n) is 11.5. The van der Waals surface area contributed by atoms with Crippen LogP contribution in [0.3, 0.4) is 0 Å². The Hall–Kier alpha value is -4.07. The highest BCUT2D eigenvalue weighted by Crippen LogP contribution is 2.31. The molecule has 0 aliphatic heterocycles. The Labute approximate surface area is 212 Å². The Morgan fingerprint density at radius 3 is 2.08 bits per heavy atom. The van der Waals surface area contributed by atoms with Crippen LogP contribution >= 0.6 is 0 Å². The van der Waals surface area contributed by atoms with Crippen molar-refractivity contribution < 1.29 is 23.8 Å². The van der Waals surface area contributed by atoms with Gasteiger partial charge in [-0.25, -0.2) is 0 Å². The van der Waals surface area contributed by atoms with Crippen LogP contribution in [0.5, 0.6) is 17.2 Å². The lowest BCUT2D eigenvalue weighted by molar-refractivity contribution is -0.127. The van der Waals surface area contributed by atoms with E-state index in [-0.39, 0.29) is 18.4 Å². The average Bonchev–Trinajstić information content (AvgIpc) is 2.87. The quantitative estimate of drug-likeness (QED) is 0.477. The lowest BCUT2D eigenvalue weighted by Crippen LogP contribution is -2.49. The van der Waals surface area contributed by atoms with E-state index in [1.807, 2.05) is 45.0 Å². The van der Waals surface area contributed by atoms with Gasteiger partial charge in [-0.15, -0.1) is 0 Å². The number of nitrogens with one attached hydrogen (secondary N) is 1. The first-order chi connectivity index (χ1) is 17.2. The topological polar surface area (TPSA) is 90.0 Å². The molecule has 2 amide bonds. The highest BCUT2D eigenvalue weighted by Gasteiger charge is 2.34. The molecule has 1 aromatic heterocycles. The van der Waals surface area contributed by atoms with E-state index < -0.39 is 11.6 Å². The summed E-state index contributed by atoms with van der Waals surface area (Å²) in [5.41, 5.74) is 1.35. The molecule has 8 heteroatoms. The van der Waals surface area contributed by atoms with Crippen LogP contribution in [0.15, 0.2) is 67.0 Å². The minimum Gasteiger partial charge on any atom is -0.497 e. The molecule has 1 N–H and O–H groups in total. The smallest absolute Gasteiger partial charge is 0.255 e. The molecule has 1 unspecified atom stereocenters. The van der Waals surface area contributed by atoms with Crippen LogP contribution < -0.4 is 19.5 Å². The maximum Gasteiger partial charge on any atom is 0.255 e. The van der Waals surface area contributed by atoms with Crippen LogP contribution in [0.25, 0.3) is 0 Å². The van der Waals surface area contributed by atoms with Crippen LogP contribution in [0.2, 0.25) is 0 Å². The van der Waals surface area contributed by atoms with E-state index in [1.165, 1.54) is 14.2 Å². The summed E-state index contributed by atoms with van der Waals surface area (Å²) in [6, 6.07) is 14.9. The number of hydrogen-bond acceptors (Lipinski definition) is 6. The Balaban J connectivity index is 2.12. The molecule has 0 saturated heterocycles. The lowest BCUT2D eigenvalue weighted by atomic mass is 10.0. The number of hydrogen-bond donors (Lipinski definition) is 1. The molecule has 36 heavy (non-hydrogen) atoms. The van der Waals surface area contributed by atoms with Crippen LogP contribution in [0, 0.1) is 0 Å². The fraction of sp³-hybridized carbons (Fsp3) is 0.321. The number of ether oxygens (including phenoxy) is 3. The summed E-state index contributed by atoms with van der Waals surface area (Å²) < 4.78 is 16.0. The van der Waals surface area contributed by atoms with E-state index in [0.717, 1.165) is 5.56 Å². The molecule has 0 aliphatic carbocycles. The molecule has 0 fully saturated rings. The molecule has 3 aromatic rings. The number of amides is 2. The number of benzene rings is 2. The summed E-state index contributed by atoms with van der Waals surface area (Å²) in [4.78, 5) is 33.3. The maximum absolute atomic E-state index is 14.0. The Morgan fingerprint density at radius 1 is 0.889 bits per heavy atom. The number of carbonyl (C=O) groups excluding carboxylic acids is 2. The van der Waals surface area contributed by atoms with E-state index in [0.29, 0.717) is 28.4 Å². The van der Waals surface area contributed by atoms with Crippen molar-refractivity contribution in [3.8, 4) is 17.2 Å². The summed E-state index contributed by atoms with van der Waals surface area (Å²) in [6.45, 7) is 5.89. The molecule has 0 aliphatic rings. The van der Waals surface area contributed by atoms with Crippen LogP contribution in [0.4, 0.5) is 0 Å². The normalized spacial score (nSPS) is 11.8. The van der Waals surface area contributed by atoms with Crippen molar-refractivity contribution in [1.29, 1.82) is 0 Å². The molecule has 0 saturated carbocycles. The number of rotatable bonds is 9. The fourth-order valence-corrected chi connectivity index (χ4v) is 3.80. The zero-order chi connectivity index (χ0) is 26.3. The molecule has 1 atom stereocenters. The molecule has 190 valence electrons. The average molecular weight is 492 g/mol. The third-order valence-electron chi connectivity index (χ3n) is 5.48. The van der Waals surface area contributed by atoms with Crippen molar-refractivity contribution in [2.24, 2.45) is 0 Å². The first-order valence-corrected chi connectivity index (χ1v) is 11.5. The molecular formula is C28H33N3O5. The summed E-state index contributed by atoms with van der Waals surface area (Å²) in [5.74, 6) is 1.00.